The second kappa shape index (κ2) is 11.4. The Morgan fingerprint density at radius 1 is 1.06 bits per heavy atom. The van der Waals surface area contributed by atoms with Crippen molar-refractivity contribution in [2.45, 2.75) is 38.9 Å². The Labute approximate surface area is 214 Å². The molecule has 4 rings (SSSR count). The van der Waals surface area contributed by atoms with Crippen molar-refractivity contribution in [3.8, 4) is 0 Å². The highest BCUT2D eigenvalue weighted by atomic mass is 16.6. The van der Waals surface area contributed by atoms with Crippen molar-refractivity contribution >= 4 is 17.5 Å². The molecule has 3 aromatic carbocycles. The number of morpholine rings is 1. The lowest BCUT2D eigenvalue weighted by molar-refractivity contribution is -0.0433. The van der Waals surface area contributed by atoms with Gasteiger partial charge >= 0.3 is 6.09 Å². The van der Waals surface area contributed by atoms with Gasteiger partial charge in [0, 0.05) is 17.7 Å². The number of benzene rings is 3. The summed E-state index contributed by atoms with van der Waals surface area (Å²) in [5.41, 5.74) is 5.46. The average Bonchev–Trinajstić information content (AvgIpc) is 2.88. The van der Waals surface area contributed by atoms with E-state index in [1.165, 1.54) is 0 Å². The normalized spacial score (nSPS) is 15.8. The summed E-state index contributed by atoms with van der Waals surface area (Å²) < 4.78 is 11.6. The molecule has 1 heterocycles. The van der Waals surface area contributed by atoms with E-state index in [0.717, 1.165) is 33.7 Å². The van der Waals surface area contributed by atoms with E-state index in [2.05, 4.69) is 36.9 Å². The minimum absolute atomic E-state index is 0.226. The maximum absolute atomic E-state index is 12.6. The number of carbonyl (C=O) groups excluding carboxylic acids is 1. The topological polar surface area (TPSA) is 51.1 Å². The summed E-state index contributed by atoms with van der Waals surface area (Å²) in [6.07, 6.45) is 2.03. The van der Waals surface area contributed by atoms with Gasteiger partial charge in [0.25, 0.3) is 0 Å². The number of carbonyl (C=O) groups is 1. The first-order valence-electron chi connectivity index (χ1n) is 12.4. The van der Waals surface area contributed by atoms with Crippen molar-refractivity contribution in [1.82, 2.24) is 4.90 Å². The summed E-state index contributed by atoms with van der Waals surface area (Å²) in [6, 6.07) is 26.6. The zero-order chi connectivity index (χ0) is 25.5. The summed E-state index contributed by atoms with van der Waals surface area (Å²) >= 11 is 0. The number of amides is 1. The first kappa shape index (κ1) is 25.4. The van der Waals surface area contributed by atoms with Crippen LogP contribution < -0.4 is 0 Å². The lowest BCUT2D eigenvalue weighted by Crippen LogP contribution is -2.44. The van der Waals surface area contributed by atoms with E-state index in [9.17, 15) is 4.79 Å². The van der Waals surface area contributed by atoms with Crippen LogP contribution in [0.3, 0.4) is 0 Å². The maximum atomic E-state index is 12.6. The first-order valence-corrected chi connectivity index (χ1v) is 12.4. The molecular formula is C31H34N2O3. The van der Waals surface area contributed by atoms with Crippen molar-refractivity contribution in [2.75, 3.05) is 19.7 Å². The molecular weight excluding hydrogens is 448 g/mol. The van der Waals surface area contributed by atoms with Crippen molar-refractivity contribution < 1.29 is 14.3 Å². The highest BCUT2D eigenvalue weighted by molar-refractivity contribution is 6.14. The van der Waals surface area contributed by atoms with Crippen LogP contribution in [-0.4, -0.2) is 42.0 Å². The van der Waals surface area contributed by atoms with Crippen molar-refractivity contribution in [3.63, 3.8) is 0 Å². The summed E-state index contributed by atoms with van der Waals surface area (Å²) in [4.78, 5) is 19.5. The summed E-state index contributed by atoms with van der Waals surface area (Å²) in [5.74, 6) is 0. The van der Waals surface area contributed by atoms with Gasteiger partial charge in [-0.25, -0.2) is 9.79 Å². The van der Waals surface area contributed by atoms with Crippen LogP contribution >= 0.6 is 0 Å². The lowest BCUT2D eigenvalue weighted by Gasteiger charge is -2.34. The highest BCUT2D eigenvalue weighted by Crippen LogP contribution is 2.30. The molecule has 1 saturated heterocycles. The second-order valence-corrected chi connectivity index (χ2v) is 9.86. The third-order valence-corrected chi connectivity index (χ3v) is 5.88. The molecule has 1 amide bonds. The van der Waals surface area contributed by atoms with Crippen LogP contribution in [0.4, 0.5) is 10.5 Å². The lowest BCUT2D eigenvalue weighted by atomic mass is 9.99. The fraction of sp³-hybridized carbons (Fsp3) is 0.290. The van der Waals surface area contributed by atoms with Crippen LogP contribution in [0.5, 0.6) is 0 Å². The molecule has 1 aliphatic rings. The van der Waals surface area contributed by atoms with E-state index in [1.54, 1.807) is 4.90 Å². The van der Waals surface area contributed by atoms with E-state index < -0.39 is 5.60 Å². The van der Waals surface area contributed by atoms with Crippen molar-refractivity contribution in [2.24, 2.45) is 4.99 Å². The van der Waals surface area contributed by atoms with Gasteiger partial charge in [0.15, 0.2) is 0 Å². The van der Waals surface area contributed by atoms with Gasteiger partial charge in [-0.2, -0.15) is 0 Å². The van der Waals surface area contributed by atoms with Crippen LogP contribution in [0.2, 0.25) is 0 Å². The summed E-state index contributed by atoms with van der Waals surface area (Å²) in [6.45, 7) is 11.0. The number of hydrogen-bond donors (Lipinski definition) is 0. The minimum Gasteiger partial charge on any atom is -0.444 e. The molecule has 36 heavy (non-hydrogen) atoms. The van der Waals surface area contributed by atoms with E-state index in [0.29, 0.717) is 26.1 Å². The Kier molecular flexibility index (Phi) is 8.01. The van der Waals surface area contributed by atoms with Crippen molar-refractivity contribution in [3.05, 3.63) is 114 Å². The third kappa shape index (κ3) is 6.49. The van der Waals surface area contributed by atoms with E-state index >= 15 is 0 Å². The van der Waals surface area contributed by atoms with Gasteiger partial charge in [-0.15, -0.1) is 6.58 Å². The predicted octanol–water partition coefficient (Wildman–Crippen LogP) is 6.89. The quantitative estimate of drug-likeness (QED) is 0.284. The highest BCUT2D eigenvalue weighted by Gasteiger charge is 2.29. The van der Waals surface area contributed by atoms with Crippen LogP contribution in [0.15, 0.2) is 96.5 Å². The molecule has 5 nitrogen and oxygen atoms in total. The van der Waals surface area contributed by atoms with Gasteiger partial charge in [-0.05, 0) is 44.4 Å². The maximum Gasteiger partial charge on any atom is 0.410 e. The van der Waals surface area contributed by atoms with Crippen LogP contribution in [0.1, 0.15) is 49.1 Å². The minimum atomic E-state index is -0.531. The third-order valence-electron chi connectivity index (χ3n) is 5.88. The summed E-state index contributed by atoms with van der Waals surface area (Å²) in [7, 11) is 0. The number of nitrogens with zero attached hydrogens (tertiary/aromatic N) is 2. The molecule has 1 aliphatic heterocycles. The number of rotatable bonds is 6. The summed E-state index contributed by atoms with van der Waals surface area (Å²) in [5, 5.41) is 0. The fourth-order valence-electron chi connectivity index (χ4n) is 4.19. The van der Waals surface area contributed by atoms with Gasteiger partial charge in [0.2, 0.25) is 0 Å². The molecule has 1 atom stereocenters. The standard InChI is InChI=1S/C31H34N2O3/c1-5-12-25-21-26(28-22-33(19-20-35-28)30(34)36-31(2,3)4)17-18-27(25)32-29(23-13-8-6-9-14-23)24-15-10-7-11-16-24/h5-11,13-18,21,28H,1,12,19-20,22H2,2-4H3. The largest absolute Gasteiger partial charge is 0.444 e. The molecule has 0 spiro atoms. The smallest absolute Gasteiger partial charge is 0.410 e. The van der Waals surface area contributed by atoms with Crippen LogP contribution in [0.25, 0.3) is 0 Å². The molecule has 0 bridgehead atoms. The fourth-order valence-corrected chi connectivity index (χ4v) is 4.19. The number of ether oxygens (including phenoxy) is 2. The van der Waals surface area contributed by atoms with Gasteiger partial charge in [0.1, 0.15) is 11.7 Å². The first-order chi connectivity index (χ1) is 17.3. The number of hydrogen-bond acceptors (Lipinski definition) is 4. The zero-order valence-corrected chi connectivity index (χ0v) is 21.3. The predicted molar refractivity (Wildman–Crippen MR) is 145 cm³/mol. The second-order valence-electron chi connectivity index (χ2n) is 9.86. The van der Waals surface area contributed by atoms with E-state index in [1.807, 2.05) is 75.4 Å². The van der Waals surface area contributed by atoms with Gasteiger partial charge in [-0.3, -0.25) is 0 Å². The van der Waals surface area contributed by atoms with Gasteiger partial charge < -0.3 is 14.4 Å². The molecule has 1 unspecified atom stereocenters. The number of allylic oxidation sites excluding steroid dienone is 1. The monoisotopic (exact) mass is 482 g/mol. The Morgan fingerprint density at radius 3 is 2.28 bits per heavy atom. The van der Waals surface area contributed by atoms with Gasteiger partial charge in [0.05, 0.1) is 24.6 Å². The molecule has 0 saturated carbocycles. The molecule has 0 N–H and O–H groups in total. The Morgan fingerprint density at radius 2 is 1.69 bits per heavy atom. The van der Waals surface area contributed by atoms with Crippen molar-refractivity contribution in [1.29, 1.82) is 0 Å². The molecule has 186 valence electrons. The number of aliphatic imine (C=N–C) groups is 1. The molecule has 0 aromatic heterocycles. The van der Waals surface area contributed by atoms with Crippen LogP contribution in [-0.2, 0) is 15.9 Å². The Hall–Kier alpha value is -3.70. The molecule has 0 radical (unpaired) electrons. The Balaban J connectivity index is 1.66. The van der Waals surface area contributed by atoms with Gasteiger partial charge in [-0.1, -0.05) is 78.9 Å². The molecule has 0 aliphatic carbocycles. The average molecular weight is 483 g/mol. The SMILES string of the molecule is C=CCc1cc(C2CN(C(=O)OC(C)(C)C)CCO2)ccc1N=C(c1ccccc1)c1ccccc1. The molecule has 5 heteroatoms. The van der Waals surface area contributed by atoms with E-state index in [4.69, 9.17) is 14.5 Å². The Bertz CT molecular complexity index is 1170. The molecule has 1 fully saturated rings. The molecule has 3 aromatic rings. The zero-order valence-electron chi connectivity index (χ0n) is 21.3. The van der Waals surface area contributed by atoms with Crippen LogP contribution in [0, 0.1) is 0 Å². The van der Waals surface area contributed by atoms with E-state index in [-0.39, 0.29) is 12.2 Å².